The van der Waals surface area contributed by atoms with E-state index in [0.717, 1.165) is 36.8 Å². The number of rotatable bonds is 9. The Morgan fingerprint density at radius 3 is 2.65 bits per heavy atom. The van der Waals surface area contributed by atoms with Crippen molar-refractivity contribution in [3.8, 4) is 0 Å². The van der Waals surface area contributed by atoms with Crippen molar-refractivity contribution in [1.82, 2.24) is 20.1 Å². The van der Waals surface area contributed by atoms with Gasteiger partial charge in [0.05, 0.1) is 30.5 Å². The number of anilines is 1. The summed E-state index contributed by atoms with van der Waals surface area (Å²) in [6.07, 6.45) is -3.09. The van der Waals surface area contributed by atoms with Crippen LogP contribution in [0.4, 0.5) is 18.3 Å². The lowest BCUT2D eigenvalue weighted by molar-refractivity contribution is -0.0570. The zero-order chi connectivity index (χ0) is 26.6. The number of allylic oxidation sites excluding steroid dienone is 1. The summed E-state index contributed by atoms with van der Waals surface area (Å²) in [5.74, 6) is -0.315. The maximum atomic E-state index is 13.2. The summed E-state index contributed by atoms with van der Waals surface area (Å²) >= 11 is 1.45. The van der Waals surface area contributed by atoms with Gasteiger partial charge in [-0.1, -0.05) is 29.5 Å². The van der Waals surface area contributed by atoms with Crippen LogP contribution >= 0.6 is 11.3 Å². The minimum absolute atomic E-state index is 0.0159. The number of alkyl halides is 3. The SMILES string of the molecule is Cc1nc(N)sc1COCN1CCN(C[C@H](C)NC(=O)c2cccc(C3=CCN=C3C(F)(F)F)c2)CC1. The first-order chi connectivity index (χ1) is 17.6. The zero-order valence-corrected chi connectivity index (χ0v) is 21.7. The maximum Gasteiger partial charge on any atom is 0.433 e. The summed E-state index contributed by atoms with van der Waals surface area (Å²) in [5.41, 5.74) is 6.41. The maximum absolute atomic E-state index is 13.2. The minimum Gasteiger partial charge on any atom is -0.375 e. The number of ether oxygens (including phenoxy) is 1. The number of hydrogen-bond donors (Lipinski definition) is 2. The van der Waals surface area contributed by atoms with Gasteiger partial charge in [-0.15, -0.1) is 0 Å². The molecule has 4 rings (SSSR count). The number of nitrogens with zero attached hydrogens (tertiary/aromatic N) is 4. The highest BCUT2D eigenvalue weighted by atomic mass is 32.1. The summed E-state index contributed by atoms with van der Waals surface area (Å²) in [5, 5.41) is 3.52. The van der Waals surface area contributed by atoms with Gasteiger partial charge in [0.15, 0.2) is 5.13 Å². The van der Waals surface area contributed by atoms with Gasteiger partial charge in [-0.25, -0.2) is 4.98 Å². The molecule has 0 saturated carbocycles. The van der Waals surface area contributed by atoms with E-state index < -0.39 is 11.9 Å². The number of aliphatic imine (C=N–C) groups is 1. The highest BCUT2D eigenvalue weighted by Gasteiger charge is 2.39. The van der Waals surface area contributed by atoms with Gasteiger partial charge in [0, 0.05) is 49.9 Å². The van der Waals surface area contributed by atoms with E-state index in [4.69, 9.17) is 10.5 Å². The Kier molecular flexibility index (Phi) is 8.63. The van der Waals surface area contributed by atoms with Crippen molar-refractivity contribution in [3.05, 3.63) is 52.0 Å². The van der Waals surface area contributed by atoms with Crippen molar-refractivity contribution < 1.29 is 22.7 Å². The molecule has 1 atom stereocenters. The number of aromatic nitrogens is 1. The molecule has 2 aromatic rings. The molecule has 37 heavy (non-hydrogen) atoms. The second kappa shape index (κ2) is 11.7. The van der Waals surface area contributed by atoms with Crippen LogP contribution in [0, 0.1) is 6.92 Å². The lowest BCUT2D eigenvalue weighted by Gasteiger charge is -2.35. The Morgan fingerprint density at radius 2 is 1.97 bits per heavy atom. The van der Waals surface area contributed by atoms with E-state index in [1.54, 1.807) is 18.2 Å². The number of carbonyl (C=O) groups excluding carboxylic acids is 1. The Labute approximate surface area is 218 Å². The third-order valence-electron chi connectivity index (χ3n) is 6.29. The third-order valence-corrected chi connectivity index (χ3v) is 7.25. The lowest BCUT2D eigenvalue weighted by atomic mass is 9.99. The number of aryl methyl sites for hydroxylation is 1. The average molecular weight is 537 g/mol. The second-order valence-electron chi connectivity index (χ2n) is 9.22. The van der Waals surface area contributed by atoms with Crippen LogP contribution in [-0.2, 0) is 11.3 Å². The lowest BCUT2D eigenvalue weighted by Crippen LogP contribution is -2.51. The van der Waals surface area contributed by atoms with Gasteiger partial charge in [-0.2, -0.15) is 13.2 Å². The summed E-state index contributed by atoms with van der Waals surface area (Å²) in [7, 11) is 0. The van der Waals surface area contributed by atoms with Gasteiger partial charge >= 0.3 is 6.18 Å². The molecule has 1 saturated heterocycles. The molecule has 1 fully saturated rings. The van der Waals surface area contributed by atoms with E-state index in [2.05, 4.69) is 25.1 Å². The molecule has 3 heterocycles. The van der Waals surface area contributed by atoms with Crippen molar-refractivity contribution in [2.75, 3.05) is 51.7 Å². The predicted molar refractivity (Wildman–Crippen MR) is 139 cm³/mol. The van der Waals surface area contributed by atoms with Crippen molar-refractivity contribution in [2.45, 2.75) is 32.7 Å². The van der Waals surface area contributed by atoms with Gasteiger partial charge in [0.1, 0.15) is 5.71 Å². The van der Waals surface area contributed by atoms with Crippen molar-refractivity contribution in [1.29, 1.82) is 0 Å². The van der Waals surface area contributed by atoms with Crippen molar-refractivity contribution in [3.63, 3.8) is 0 Å². The molecule has 1 aromatic heterocycles. The van der Waals surface area contributed by atoms with Gasteiger partial charge in [-0.3, -0.25) is 19.6 Å². The number of thiazole rings is 1. The van der Waals surface area contributed by atoms with Gasteiger partial charge < -0.3 is 15.8 Å². The number of benzene rings is 1. The predicted octanol–water partition coefficient (Wildman–Crippen LogP) is 3.34. The first kappa shape index (κ1) is 27.2. The topological polar surface area (TPSA) is 96.1 Å². The third kappa shape index (κ3) is 7.16. The number of nitrogens with two attached hydrogens (primary N) is 1. The number of halogens is 3. The number of hydrogen-bond acceptors (Lipinski definition) is 8. The number of nitrogens with one attached hydrogen (secondary N) is 1. The Hall–Kier alpha value is -2.80. The van der Waals surface area contributed by atoms with E-state index in [1.165, 1.54) is 23.5 Å². The summed E-state index contributed by atoms with van der Waals surface area (Å²) < 4.78 is 45.6. The minimum atomic E-state index is -4.53. The zero-order valence-electron chi connectivity index (χ0n) is 20.8. The van der Waals surface area contributed by atoms with E-state index in [1.807, 2.05) is 13.8 Å². The molecule has 1 aromatic carbocycles. The van der Waals surface area contributed by atoms with Crippen LogP contribution in [0.5, 0.6) is 0 Å². The quantitative estimate of drug-likeness (QED) is 0.511. The highest BCUT2D eigenvalue weighted by Crippen LogP contribution is 2.31. The van der Waals surface area contributed by atoms with Crippen LogP contribution in [0.2, 0.25) is 0 Å². The van der Waals surface area contributed by atoms with Crippen molar-refractivity contribution >= 4 is 33.7 Å². The number of nitrogen functional groups attached to an aromatic ring is 1. The first-order valence-electron chi connectivity index (χ1n) is 12.1. The van der Waals surface area contributed by atoms with E-state index in [0.29, 0.717) is 36.1 Å². The van der Waals surface area contributed by atoms with Crippen LogP contribution in [0.15, 0.2) is 35.3 Å². The summed E-state index contributed by atoms with van der Waals surface area (Å²) in [6.45, 7) is 8.93. The van der Waals surface area contributed by atoms with Crippen LogP contribution < -0.4 is 11.1 Å². The molecule has 0 aliphatic carbocycles. The number of amides is 1. The van der Waals surface area contributed by atoms with Gasteiger partial charge in [0.2, 0.25) is 0 Å². The molecule has 0 spiro atoms. The molecule has 1 amide bonds. The van der Waals surface area contributed by atoms with E-state index in [9.17, 15) is 18.0 Å². The number of carbonyl (C=O) groups is 1. The molecule has 0 unspecified atom stereocenters. The van der Waals surface area contributed by atoms with Crippen LogP contribution in [0.3, 0.4) is 0 Å². The molecule has 12 heteroatoms. The van der Waals surface area contributed by atoms with Crippen molar-refractivity contribution in [2.24, 2.45) is 4.99 Å². The smallest absolute Gasteiger partial charge is 0.375 e. The van der Waals surface area contributed by atoms with Crippen LogP contribution in [0.25, 0.3) is 5.57 Å². The van der Waals surface area contributed by atoms with E-state index >= 15 is 0 Å². The average Bonchev–Trinajstić information content (AvgIpc) is 3.47. The van der Waals surface area contributed by atoms with Crippen LogP contribution in [0.1, 0.15) is 33.4 Å². The first-order valence-corrected chi connectivity index (χ1v) is 12.9. The fourth-order valence-corrected chi connectivity index (χ4v) is 5.20. The molecule has 2 aliphatic heterocycles. The summed E-state index contributed by atoms with van der Waals surface area (Å²) in [6, 6.07) is 6.12. The normalized spacial score (nSPS) is 18.0. The molecular weight excluding hydrogens is 505 g/mol. The fraction of sp³-hybridized carbons (Fsp3) is 0.480. The second-order valence-corrected chi connectivity index (χ2v) is 10.3. The van der Waals surface area contributed by atoms with Gasteiger partial charge in [0.25, 0.3) is 5.91 Å². The molecule has 0 bridgehead atoms. The Morgan fingerprint density at radius 1 is 1.24 bits per heavy atom. The molecule has 3 N–H and O–H groups in total. The highest BCUT2D eigenvalue weighted by molar-refractivity contribution is 7.15. The molecule has 8 nitrogen and oxygen atoms in total. The van der Waals surface area contributed by atoms with Gasteiger partial charge in [-0.05, 0) is 31.5 Å². The van der Waals surface area contributed by atoms with Crippen LogP contribution in [-0.4, -0.2) is 84.6 Å². The Balaban J connectivity index is 1.22. The molecular formula is C25H31F3N6O2S. The number of piperazine rings is 1. The largest absolute Gasteiger partial charge is 0.433 e. The standard InChI is InChI=1S/C25H31F3N6O2S/c1-16(13-33-8-10-34(11-9-33)15-36-14-21-17(2)32-24(29)37-21)31-23(35)19-5-3-4-18(12-19)20-6-7-30-22(20)25(26,27)28/h3-6,12,16H,7-11,13-15H2,1-2H3,(H2,29,32)(H,31,35)/t16-/m0/s1. The monoisotopic (exact) mass is 536 g/mol. The molecule has 0 radical (unpaired) electrons. The molecule has 200 valence electrons. The van der Waals surface area contributed by atoms with E-state index in [-0.39, 0.29) is 24.1 Å². The molecule has 2 aliphatic rings. The summed E-state index contributed by atoms with van der Waals surface area (Å²) in [4.78, 5) is 26.1. The Bertz CT molecular complexity index is 1170. The fourth-order valence-electron chi connectivity index (χ4n) is 4.43.